The standard InChI is InChI=1S/C15H14BrN3S/c1-9-4-3-5-10(8-9)13-14(18-19(2)15(13)17)11-6-7-12(16)20-11/h3-8H,17H2,1-2H3. The largest absolute Gasteiger partial charge is 0.383 e. The molecular weight excluding hydrogens is 334 g/mol. The third kappa shape index (κ3) is 2.27. The highest BCUT2D eigenvalue weighted by Gasteiger charge is 2.18. The number of aromatic nitrogens is 2. The molecule has 0 amide bonds. The second-order valence-corrected chi connectivity index (χ2v) is 7.17. The van der Waals surface area contributed by atoms with E-state index in [-0.39, 0.29) is 0 Å². The summed E-state index contributed by atoms with van der Waals surface area (Å²) in [5.74, 6) is 0.690. The lowest BCUT2D eigenvalue weighted by Crippen LogP contribution is -1.98. The minimum atomic E-state index is 0.690. The highest BCUT2D eigenvalue weighted by atomic mass is 79.9. The first-order valence-corrected chi connectivity index (χ1v) is 7.82. The van der Waals surface area contributed by atoms with Crippen LogP contribution in [0.2, 0.25) is 0 Å². The van der Waals surface area contributed by atoms with Gasteiger partial charge in [-0.2, -0.15) is 5.10 Å². The van der Waals surface area contributed by atoms with Crippen LogP contribution in [0.15, 0.2) is 40.2 Å². The van der Waals surface area contributed by atoms with Gasteiger partial charge in [0.15, 0.2) is 0 Å². The molecule has 20 heavy (non-hydrogen) atoms. The number of thiophene rings is 1. The first-order valence-electron chi connectivity index (χ1n) is 6.21. The Kier molecular flexibility index (Phi) is 3.40. The fourth-order valence-electron chi connectivity index (χ4n) is 2.24. The topological polar surface area (TPSA) is 43.8 Å². The Labute approximate surface area is 130 Å². The third-order valence-electron chi connectivity index (χ3n) is 3.20. The fourth-order valence-corrected chi connectivity index (χ4v) is 3.61. The van der Waals surface area contributed by atoms with Gasteiger partial charge < -0.3 is 5.73 Å². The van der Waals surface area contributed by atoms with Crippen LogP contribution < -0.4 is 5.73 Å². The van der Waals surface area contributed by atoms with Gasteiger partial charge in [0.2, 0.25) is 0 Å². The second-order valence-electron chi connectivity index (χ2n) is 4.71. The molecule has 102 valence electrons. The Hall–Kier alpha value is -1.59. The van der Waals surface area contributed by atoms with E-state index in [2.05, 4.69) is 52.2 Å². The average Bonchev–Trinajstić information content (AvgIpc) is 2.95. The Bertz CT molecular complexity index is 773. The van der Waals surface area contributed by atoms with Gasteiger partial charge in [0.05, 0.1) is 14.2 Å². The van der Waals surface area contributed by atoms with Crippen LogP contribution >= 0.6 is 27.3 Å². The van der Waals surface area contributed by atoms with Crippen molar-refractivity contribution in [3.05, 3.63) is 45.7 Å². The molecule has 0 radical (unpaired) electrons. The molecule has 0 aliphatic heterocycles. The molecule has 0 fully saturated rings. The van der Waals surface area contributed by atoms with E-state index in [4.69, 9.17) is 5.73 Å². The summed E-state index contributed by atoms with van der Waals surface area (Å²) in [6.07, 6.45) is 0. The summed E-state index contributed by atoms with van der Waals surface area (Å²) in [7, 11) is 1.88. The maximum Gasteiger partial charge on any atom is 0.129 e. The van der Waals surface area contributed by atoms with Crippen LogP contribution in [0.5, 0.6) is 0 Å². The van der Waals surface area contributed by atoms with Gasteiger partial charge in [-0.15, -0.1) is 11.3 Å². The van der Waals surface area contributed by atoms with Gasteiger partial charge in [0, 0.05) is 7.05 Å². The Morgan fingerprint density at radius 2 is 2.05 bits per heavy atom. The lowest BCUT2D eigenvalue weighted by Gasteiger charge is -2.04. The third-order valence-corrected chi connectivity index (χ3v) is 4.84. The minimum absolute atomic E-state index is 0.690. The Balaban J connectivity index is 2.24. The molecule has 0 unspecified atom stereocenters. The van der Waals surface area contributed by atoms with Crippen LogP contribution in [0.4, 0.5) is 5.82 Å². The van der Waals surface area contributed by atoms with Crippen LogP contribution in [0.25, 0.3) is 21.7 Å². The molecule has 5 heteroatoms. The van der Waals surface area contributed by atoms with Crippen molar-refractivity contribution in [1.82, 2.24) is 9.78 Å². The molecule has 1 aromatic carbocycles. The zero-order valence-electron chi connectivity index (χ0n) is 11.2. The molecule has 3 nitrogen and oxygen atoms in total. The van der Waals surface area contributed by atoms with Crippen LogP contribution in [0, 0.1) is 6.92 Å². The van der Waals surface area contributed by atoms with Crippen molar-refractivity contribution in [2.24, 2.45) is 7.05 Å². The molecule has 3 rings (SSSR count). The maximum atomic E-state index is 6.22. The molecule has 2 aromatic heterocycles. The van der Waals surface area contributed by atoms with Crippen molar-refractivity contribution in [2.45, 2.75) is 6.92 Å². The first-order chi connectivity index (χ1) is 9.56. The number of rotatable bonds is 2. The zero-order chi connectivity index (χ0) is 14.3. The predicted octanol–water partition coefficient (Wildman–Crippen LogP) is 4.47. The second kappa shape index (κ2) is 5.07. The highest BCUT2D eigenvalue weighted by molar-refractivity contribution is 9.11. The number of nitrogen functional groups attached to an aromatic ring is 1. The molecule has 2 heterocycles. The molecule has 0 bridgehead atoms. The van der Waals surface area contributed by atoms with Crippen molar-refractivity contribution in [3.63, 3.8) is 0 Å². The van der Waals surface area contributed by atoms with E-state index in [1.807, 2.05) is 19.2 Å². The van der Waals surface area contributed by atoms with Gasteiger partial charge >= 0.3 is 0 Å². The van der Waals surface area contributed by atoms with Gasteiger partial charge in [-0.1, -0.05) is 29.8 Å². The van der Waals surface area contributed by atoms with Crippen molar-refractivity contribution in [2.75, 3.05) is 5.73 Å². The molecule has 0 atom stereocenters. The fraction of sp³-hybridized carbons (Fsp3) is 0.133. The van der Waals surface area contributed by atoms with Crippen molar-refractivity contribution in [1.29, 1.82) is 0 Å². The minimum Gasteiger partial charge on any atom is -0.383 e. The van der Waals surface area contributed by atoms with E-state index in [1.54, 1.807) is 16.0 Å². The van der Waals surface area contributed by atoms with Crippen LogP contribution in [0.3, 0.4) is 0 Å². The molecular formula is C15H14BrN3S. The van der Waals surface area contributed by atoms with E-state index >= 15 is 0 Å². The zero-order valence-corrected chi connectivity index (χ0v) is 13.6. The maximum absolute atomic E-state index is 6.22. The van der Waals surface area contributed by atoms with Crippen LogP contribution in [0.1, 0.15) is 5.56 Å². The van der Waals surface area contributed by atoms with Gasteiger partial charge in [-0.05, 0) is 40.5 Å². The Morgan fingerprint density at radius 1 is 1.25 bits per heavy atom. The normalized spacial score (nSPS) is 10.9. The molecule has 0 spiro atoms. The summed E-state index contributed by atoms with van der Waals surface area (Å²) >= 11 is 5.16. The average molecular weight is 348 g/mol. The van der Waals surface area contributed by atoms with Crippen LogP contribution in [-0.4, -0.2) is 9.78 Å². The van der Waals surface area contributed by atoms with E-state index in [9.17, 15) is 0 Å². The quantitative estimate of drug-likeness (QED) is 0.743. The van der Waals surface area contributed by atoms with Crippen molar-refractivity contribution < 1.29 is 0 Å². The number of hydrogen-bond acceptors (Lipinski definition) is 3. The molecule has 0 saturated heterocycles. The number of benzene rings is 1. The summed E-state index contributed by atoms with van der Waals surface area (Å²) < 4.78 is 2.83. The lowest BCUT2D eigenvalue weighted by molar-refractivity contribution is 0.783. The molecule has 0 aliphatic rings. The molecule has 2 N–H and O–H groups in total. The van der Waals surface area contributed by atoms with Gasteiger partial charge in [-0.3, -0.25) is 4.68 Å². The highest BCUT2D eigenvalue weighted by Crippen LogP contribution is 2.39. The number of aryl methyl sites for hydroxylation is 2. The van der Waals surface area contributed by atoms with E-state index < -0.39 is 0 Å². The number of anilines is 1. The molecule has 3 aromatic rings. The Morgan fingerprint density at radius 3 is 2.70 bits per heavy atom. The van der Waals surface area contributed by atoms with E-state index in [0.29, 0.717) is 5.82 Å². The number of nitrogens with zero attached hydrogens (tertiary/aromatic N) is 2. The van der Waals surface area contributed by atoms with Crippen molar-refractivity contribution >= 4 is 33.1 Å². The predicted molar refractivity (Wildman–Crippen MR) is 88.8 cm³/mol. The summed E-state index contributed by atoms with van der Waals surface area (Å²) in [4.78, 5) is 1.11. The monoisotopic (exact) mass is 347 g/mol. The number of hydrogen-bond donors (Lipinski definition) is 1. The van der Waals surface area contributed by atoms with E-state index in [1.165, 1.54) is 5.56 Å². The van der Waals surface area contributed by atoms with Gasteiger partial charge in [0.25, 0.3) is 0 Å². The van der Waals surface area contributed by atoms with Gasteiger partial charge in [0.1, 0.15) is 11.5 Å². The van der Waals surface area contributed by atoms with E-state index in [0.717, 1.165) is 25.5 Å². The first kappa shape index (κ1) is 13.4. The summed E-state index contributed by atoms with van der Waals surface area (Å²) in [5, 5.41) is 4.58. The SMILES string of the molecule is Cc1cccc(-c2c(-c3ccc(Br)s3)nn(C)c2N)c1. The lowest BCUT2D eigenvalue weighted by atomic mass is 10.0. The smallest absolute Gasteiger partial charge is 0.129 e. The summed E-state index contributed by atoms with van der Waals surface area (Å²) in [6, 6.07) is 12.4. The summed E-state index contributed by atoms with van der Waals surface area (Å²) in [6.45, 7) is 2.08. The molecule has 0 aliphatic carbocycles. The number of nitrogens with two attached hydrogens (primary N) is 1. The van der Waals surface area contributed by atoms with Crippen molar-refractivity contribution in [3.8, 4) is 21.7 Å². The number of halogens is 1. The molecule has 0 saturated carbocycles. The van der Waals surface area contributed by atoms with Crippen LogP contribution in [-0.2, 0) is 7.05 Å². The van der Waals surface area contributed by atoms with Gasteiger partial charge in [-0.25, -0.2) is 0 Å². The summed E-state index contributed by atoms with van der Waals surface area (Å²) in [5.41, 5.74) is 10.5.